The molecule has 4 rings (SSSR count). The Morgan fingerprint density at radius 3 is 2.68 bits per heavy atom. The maximum atomic E-state index is 12.6. The Balaban J connectivity index is 1.45. The Hall–Kier alpha value is -3.94. The number of nitrogens with one attached hydrogen (secondary N) is 1. The van der Waals surface area contributed by atoms with E-state index in [9.17, 15) is 9.59 Å². The number of hydroxylamine groups is 2. The maximum absolute atomic E-state index is 12.6. The first-order valence-electron chi connectivity index (χ1n) is 11.1. The summed E-state index contributed by atoms with van der Waals surface area (Å²) in [5.74, 6) is 1.12. The molecule has 0 aliphatic carbocycles. The third-order valence-corrected chi connectivity index (χ3v) is 5.85. The summed E-state index contributed by atoms with van der Waals surface area (Å²) in [5.41, 5.74) is 0.614. The Labute approximate surface area is 198 Å². The molecule has 8 heteroatoms. The Kier molecular flexibility index (Phi) is 6.49. The molecule has 1 fully saturated rings. The number of carbonyl (C=O) groups excluding carboxylic acids is 2. The van der Waals surface area contributed by atoms with Crippen molar-refractivity contribution in [2.45, 2.75) is 32.4 Å². The van der Waals surface area contributed by atoms with E-state index in [0.717, 1.165) is 21.4 Å². The number of cyclic esters (lactones) is 1. The van der Waals surface area contributed by atoms with Gasteiger partial charge in [-0.25, -0.2) is 9.59 Å². The van der Waals surface area contributed by atoms with Gasteiger partial charge in [0.1, 0.15) is 6.54 Å². The highest BCUT2D eigenvalue weighted by atomic mass is 16.8. The lowest BCUT2D eigenvalue weighted by molar-refractivity contribution is -0.0508. The molecule has 1 heterocycles. The molecule has 0 spiro atoms. The lowest BCUT2D eigenvalue weighted by Gasteiger charge is -2.23. The van der Waals surface area contributed by atoms with E-state index in [1.807, 2.05) is 56.3 Å². The number of nitrogens with zero attached hydrogens (tertiary/aromatic N) is 1. The summed E-state index contributed by atoms with van der Waals surface area (Å²) >= 11 is 0. The summed E-state index contributed by atoms with van der Waals surface area (Å²) < 4.78 is 16.5. The van der Waals surface area contributed by atoms with Crippen LogP contribution in [0.5, 0.6) is 11.5 Å². The maximum Gasteiger partial charge on any atom is 0.444 e. The van der Waals surface area contributed by atoms with Gasteiger partial charge in [0.25, 0.3) is 0 Å². The SMILES string of the molecule is CCOc1cc([C@@]2(C)CN(OC(=O)N[C@H](C)c3cccc4ccccc34)C(=O)O2)ccc1OC. The molecule has 0 unspecified atom stereocenters. The number of amides is 2. The number of hydrogen-bond donors (Lipinski definition) is 1. The first-order valence-corrected chi connectivity index (χ1v) is 11.1. The third-order valence-electron chi connectivity index (χ3n) is 5.85. The molecule has 2 amide bonds. The Morgan fingerprint density at radius 1 is 1.15 bits per heavy atom. The molecule has 0 aromatic heterocycles. The minimum absolute atomic E-state index is 0.0276. The van der Waals surface area contributed by atoms with E-state index in [4.69, 9.17) is 19.0 Å². The van der Waals surface area contributed by atoms with Crippen LogP contribution in [-0.4, -0.2) is 37.5 Å². The summed E-state index contributed by atoms with van der Waals surface area (Å²) in [7, 11) is 1.56. The zero-order chi connectivity index (χ0) is 24.3. The smallest absolute Gasteiger partial charge is 0.444 e. The van der Waals surface area contributed by atoms with Crippen molar-refractivity contribution in [3.8, 4) is 11.5 Å². The first-order chi connectivity index (χ1) is 16.3. The van der Waals surface area contributed by atoms with E-state index < -0.39 is 17.8 Å². The van der Waals surface area contributed by atoms with E-state index in [1.165, 1.54) is 0 Å². The molecule has 2 atom stereocenters. The number of fused-ring (bicyclic) bond motifs is 1. The lowest BCUT2D eigenvalue weighted by atomic mass is 9.96. The second kappa shape index (κ2) is 9.51. The molecule has 3 aromatic rings. The molecule has 1 N–H and O–H groups in total. The van der Waals surface area contributed by atoms with Crippen LogP contribution < -0.4 is 14.8 Å². The van der Waals surface area contributed by atoms with Gasteiger partial charge in [-0.05, 0) is 49.2 Å². The predicted octanol–water partition coefficient (Wildman–Crippen LogP) is 5.32. The second-order valence-electron chi connectivity index (χ2n) is 8.25. The van der Waals surface area contributed by atoms with E-state index in [2.05, 4.69) is 5.32 Å². The molecule has 0 saturated carbocycles. The highest BCUT2D eigenvalue weighted by Crippen LogP contribution is 2.38. The fourth-order valence-electron chi connectivity index (χ4n) is 4.12. The summed E-state index contributed by atoms with van der Waals surface area (Å²) in [6.45, 7) is 5.97. The van der Waals surface area contributed by atoms with Crippen LogP contribution >= 0.6 is 0 Å². The summed E-state index contributed by atoms with van der Waals surface area (Å²) in [5, 5.41) is 5.84. The molecule has 1 aliphatic rings. The van der Waals surface area contributed by atoms with Gasteiger partial charge in [0.05, 0.1) is 19.8 Å². The molecular formula is C26H28N2O6. The average Bonchev–Trinajstić information content (AvgIpc) is 3.12. The summed E-state index contributed by atoms with van der Waals surface area (Å²) in [6.07, 6.45) is -1.49. The Bertz CT molecular complexity index is 1210. The van der Waals surface area contributed by atoms with E-state index in [-0.39, 0.29) is 12.6 Å². The van der Waals surface area contributed by atoms with Crippen molar-refractivity contribution < 1.29 is 28.6 Å². The van der Waals surface area contributed by atoms with Gasteiger partial charge in [-0.15, -0.1) is 5.06 Å². The van der Waals surface area contributed by atoms with Gasteiger partial charge < -0.3 is 24.4 Å². The number of rotatable bonds is 7. The van der Waals surface area contributed by atoms with Gasteiger partial charge in [0.15, 0.2) is 17.1 Å². The molecule has 0 bridgehead atoms. The van der Waals surface area contributed by atoms with E-state index >= 15 is 0 Å². The zero-order valence-electron chi connectivity index (χ0n) is 19.7. The van der Waals surface area contributed by atoms with Crippen molar-refractivity contribution in [2.75, 3.05) is 20.3 Å². The minimum atomic E-state index is -1.03. The molecular weight excluding hydrogens is 436 g/mol. The van der Waals surface area contributed by atoms with Crippen molar-refractivity contribution in [1.82, 2.24) is 10.4 Å². The number of ether oxygens (including phenoxy) is 3. The van der Waals surface area contributed by atoms with Gasteiger partial charge in [-0.2, -0.15) is 0 Å². The molecule has 8 nitrogen and oxygen atoms in total. The van der Waals surface area contributed by atoms with Crippen molar-refractivity contribution >= 4 is 23.0 Å². The lowest BCUT2D eigenvalue weighted by Crippen LogP contribution is -2.37. The number of carbonyl (C=O) groups is 2. The normalized spacial score (nSPS) is 18.4. The molecule has 0 radical (unpaired) electrons. The summed E-state index contributed by atoms with van der Waals surface area (Å²) in [4.78, 5) is 30.4. The fraction of sp³-hybridized carbons (Fsp3) is 0.308. The van der Waals surface area contributed by atoms with Crippen molar-refractivity contribution in [2.24, 2.45) is 0 Å². The minimum Gasteiger partial charge on any atom is -0.493 e. The second-order valence-corrected chi connectivity index (χ2v) is 8.25. The van der Waals surface area contributed by atoms with Crippen LogP contribution in [0.25, 0.3) is 10.8 Å². The standard InChI is InChI=1S/C26H28N2O6/c1-5-32-23-15-19(13-14-22(23)31-4)26(3)16-28(25(30)33-26)34-24(29)27-17(2)20-12-8-10-18-9-6-7-11-21(18)20/h6-15,17H,5,16H2,1-4H3,(H,27,29)/t17-,26-/m1/s1. The van der Waals surface area contributed by atoms with Gasteiger partial charge in [0, 0.05) is 5.56 Å². The molecule has 34 heavy (non-hydrogen) atoms. The number of hydrogen-bond acceptors (Lipinski definition) is 6. The van der Waals surface area contributed by atoms with Crippen molar-refractivity contribution in [3.63, 3.8) is 0 Å². The number of benzene rings is 3. The van der Waals surface area contributed by atoms with Crippen LogP contribution in [0, 0.1) is 0 Å². The van der Waals surface area contributed by atoms with Crippen LogP contribution in [-0.2, 0) is 15.2 Å². The fourth-order valence-corrected chi connectivity index (χ4v) is 4.12. The van der Waals surface area contributed by atoms with E-state index in [0.29, 0.717) is 23.7 Å². The largest absolute Gasteiger partial charge is 0.493 e. The molecule has 3 aromatic carbocycles. The molecule has 1 aliphatic heterocycles. The predicted molar refractivity (Wildman–Crippen MR) is 127 cm³/mol. The van der Waals surface area contributed by atoms with Crippen LogP contribution in [0.4, 0.5) is 9.59 Å². The highest BCUT2D eigenvalue weighted by molar-refractivity contribution is 5.86. The van der Waals surface area contributed by atoms with Crippen LogP contribution in [0.15, 0.2) is 60.7 Å². The van der Waals surface area contributed by atoms with Gasteiger partial charge in [-0.3, -0.25) is 0 Å². The zero-order valence-corrected chi connectivity index (χ0v) is 19.7. The van der Waals surface area contributed by atoms with Gasteiger partial charge >= 0.3 is 12.2 Å². The van der Waals surface area contributed by atoms with Crippen LogP contribution in [0.2, 0.25) is 0 Å². The van der Waals surface area contributed by atoms with Crippen molar-refractivity contribution in [1.29, 1.82) is 0 Å². The van der Waals surface area contributed by atoms with E-state index in [1.54, 1.807) is 32.2 Å². The number of methoxy groups -OCH3 is 1. The van der Waals surface area contributed by atoms with Crippen LogP contribution in [0.3, 0.4) is 0 Å². The van der Waals surface area contributed by atoms with Crippen molar-refractivity contribution in [3.05, 3.63) is 71.8 Å². The summed E-state index contributed by atoms with van der Waals surface area (Å²) in [6, 6.07) is 18.8. The first kappa shape index (κ1) is 23.2. The van der Waals surface area contributed by atoms with Gasteiger partial charge in [0.2, 0.25) is 0 Å². The third kappa shape index (κ3) is 4.57. The van der Waals surface area contributed by atoms with Crippen LogP contribution in [0.1, 0.15) is 37.9 Å². The quantitative estimate of drug-likeness (QED) is 0.510. The highest BCUT2D eigenvalue weighted by Gasteiger charge is 2.45. The average molecular weight is 465 g/mol. The molecule has 178 valence electrons. The topological polar surface area (TPSA) is 86.3 Å². The Morgan fingerprint density at radius 2 is 1.91 bits per heavy atom. The molecule has 1 saturated heterocycles. The van der Waals surface area contributed by atoms with Gasteiger partial charge in [-0.1, -0.05) is 48.5 Å². The monoisotopic (exact) mass is 464 g/mol.